The van der Waals surface area contributed by atoms with Crippen molar-refractivity contribution in [3.05, 3.63) is 136 Å². The van der Waals surface area contributed by atoms with E-state index in [0.29, 0.717) is 5.56 Å². The van der Waals surface area contributed by atoms with Crippen molar-refractivity contribution in [3.8, 4) is 5.75 Å². The Morgan fingerprint density at radius 2 is 1.10 bits per heavy atom. The molecule has 0 aliphatic heterocycles. The minimum absolute atomic E-state index is 0.0102. The molecular formula is C46H57O5+. The maximum Gasteiger partial charge on any atom is 0.296 e. The number of hydrogen-bond donors (Lipinski definition) is 1. The largest absolute Gasteiger partial charge is 0.507 e. The number of aromatic hydroxyl groups is 1. The van der Waals surface area contributed by atoms with Gasteiger partial charge in [0.05, 0.1) is 24.1 Å². The van der Waals surface area contributed by atoms with Crippen LogP contribution < -0.4 is 0 Å². The van der Waals surface area contributed by atoms with Crippen molar-refractivity contribution < 1.29 is 24.3 Å². The van der Waals surface area contributed by atoms with E-state index in [1.54, 1.807) is 30.4 Å². The molecule has 1 aliphatic carbocycles. The molecule has 0 saturated carbocycles. The van der Waals surface area contributed by atoms with Crippen LogP contribution >= 0.6 is 0 Å². The van der Waals surface area contributed by atoms with Crippen molar-refractivity contribution in [2.45, 2.75) is 112 Å². The van der Waals surface area contributed by atoms with Crippen LogP contribution in [0.2, 0.25) is 0 Å². The summed E-state index contributed by atoms with van der Waals surface area (Å²) < 4.78 is 0. The lowest BCUT2D eigenvalue weighted by Gasteiger charge is -2.25. The van der Waals surface area contributed by atoms with Gasteiger partial charge in [-0.3, -0.25) is 19.2 Å². The Bertz CT molecular complexity index is 1760. The average molecular weight is 690 g/mol. The molecule has 0 spiro atoms. The molecule has 3 aromatic rings. The van der Waals surface area contributed by atoms with Gasteiger partial charge in [-0.2, -0.15) is 0 Å². The predicted octanol–water partition coefficient (Wildman–Crippen LogP) is 10.8. The normalized spacial score (nSPS) is 13.3. The first kappa shape index (κ1) is 42.4. The number of Topliss-reactive ketones (excluding diaryl/α,β-unsaturated/α-hetero) is 2. The average Bonchev–Trinajstić information content (AvgIpc) is 3.02. The second kappa shape index (κ2) is 17.0. The second-order valence-corrected chi connectivity index (χ2v) is 17.1. The Morgan fingerprint density at radius 3 is 1.45 bits per heavy atom. The Morgan fingerprint density at radius 1 is 0.667 bits per heavy atom. The highest BCUT2D eigenvalue weighted by Crippen LogP contribution is 2.32. The number of benzene rings is 3. The summed E-state index contributed by atoms with van der Waals surface area (Å²) in [5.74, 6) is -0.562. The smallest absolute Gasteiger partial charge is 0.296 e. The third kappa shape index (κ3) is 13.1. The SMILES string of the molecule is CC(=O)C1=CC=C[CH+]C1=O.CC(C)(C)c1cc(/C=C/C(=O)c2ccccc2O)cc(C(C)(C)C)c1.CC(C)(C)c1cc(C=O)cc(C(C)(C)C)c1. The maximum absolute atomic E-state index is 12.4. The standard InChI is InChI=1S/C23H28O2.C15H22O.C8H7O2/c1-22(2,3)17-13-16(14-18(15-17)23(4,5)6)11-12-21(25)19-9-7-8-10-20(19)24;1-14(2,3)12-7-11(10-16)8-13(9-12)15(4,5)6;1-6(9)7-4-2-3-5-8(7)10/h7-15,24H,1-6H3;7-10H,1-6H3;2-5H,1H3/q;;+1/b12-11+;;. The van der Waals surface area contributed by atoms with Crippen LogP contribution in [-0.4, -0.2) is 28.7 Å². The summed E-state index contributed by atoms with van der Waals surface area (Å²) in [6, 6.07) is 19.3. The molecule has 1 aliphatic rings. The molecule has 0 saturated heterocycles. The predicted molar refractivity (Wildman–Crippen MR) is 212 cm³/mol. The van der Waals surface area contributed by atoms with Gasteiger partial charge in [0.15, 0.2) is 11.4 Å². The number of allylic oxidation sites excluding steroid dienone is 5. The van der Waals surface area contributed by atoms with Crippen molar-refractivity contribution in [1.29, 1.82) is 0 Å². The van der Waals surface area contributed by atoms with E-state index >= 15 is 0 Å². The summed E-state index contributed by atoms with van der Waals surface area (Å²) in [7, 11) is 0. The van der Waals surface area contributed by atoms with Crippen LogP contribution in [0.5, 0.6) is 5.75 Å². The van der Waals surface area contributed by atoms with E-state index in [1.165, 1.54) is 53.8 Å². The highest BCUT2D eigenvalue weighted by Gasteiger charge is 2.23. The molecule has 0 atom stereocenters. The van der Waals surface area contributed by atoms with Crippen LogP contribution in [0.1, 0.15) is 139 Å². The molecule has 51 heavy (non-hydrogen) atoms. The first-order valence-electron chi connectivity index (χ1n) is 17.4. The summed E-state index contributed by atoms with van der Waals surface area (Å²) in [5.41, 5.74) is 7.53. The molecule has 0 radical (unpaired) electrons. The van der Waals surface area contributed by atoms with Crippen LogP contribution in [0.3, 0.4) is 0 Å². The van der Waals surface area contributed by atoms with Gasteiger partial charge in [-0.05, 0) is 79.8 Å². The van der Waals surface area contributed by atoms with Gasteiger partial charge in [-0.25, -0.2) is 0 Å². The number of ketones is 3. The fraction of sp³-hybridized carbons (Fsp3) is 0.370. The molecule has 3 aromatic carbocycles. The van der Waals surface area contributed by atoms with Crippen LogP contribution in [-0.2, 0) is 31.2 Å². The Kier molecular flexibility index (Phi) is 14.1. The molecule has 5 heteroatoms. The van der Waals surface area contributed by atoms with Crippen molar-refractivity contribution in [2.24, 2.45) is 0 Å². The van der Waals surface area contributed by atoms with E-state index in [0.717, 1.165) is 17.4 Å². The van der Waals surface area contributed by atoms with Gasteiger partial charge in [0.2, 0.25) is 5.78 Å². The third-order valence-corrected chi connectivity index (χ3v) is 8.37. The van der Waals surface area contributed by atoms with Gasteiger partial charge in [0, 0.05) is 18.6 Å². The van der Waals surface area contributed by atoms with Gasteiger partial charge < -0.3 is 5.11 Å². The van der Waals surface area contributed by atoms with Gasteiger partial charge in [-0.1, -0.05) is 126 Å². The fourth-order valence-corrected chi connectivity index (χ4v) is 4.90. The van der Waals surface area contributed by atoms with Crippen LogP contribution in [0, 0.1) is 6.42 Å². The lowest BCUT2D eigenvalue weighted by Crippen LogP contribution is -2.16. The first-order chi connectivity index (χ1) is 23.3. The Hall–Kier alpha value is -4.77. The quantitative estimate of drug-likeness (QED) is 0.0947. The number of hydrogen-bond acceptors (Lipinski definition) is 5. The summed E-state index contributed by atoms with van der Waals surface area (Å²) in [5, 5.41) is 9.82. The molecule has 0 bridgehead atoms. The van der Waals surface area contributed by atoms with Crippen molar-refractivity contribution in [1.82, 2.24) is 0 Å². The van der Waals surface area contributed by atoms with E-state index < -0.39 is 0 Å². The fourth-order valence-electron chi connectivity index (χ4n) is 4.90. The highest BCUT2D eigenvalue weighted by atomic mass is 16.3. The lowest BCUT2D eigenvalue weighted by molar-refractivity contribution is -0.118. The zero-order valence-corrected chi connectivity index (χ0v) is 32.9. The zero-order valence-electron chi connectivity index (χ0n) is 32.9. The Balaban J connectivity index is 0.000000295. The van der Waals surface area contributed by atoms with Crippen LogP contribution in [0.25, 0.3) is 6.08 Å². The topological polar surface area (TPSA) is 88.5 Å². The van der Waals surface area contributed by atoms with E-state index in [-0.39, 0.29) is 50.3 Å². The van der Waals surface area contributed by atoms with E-state index in [1.807, 2.05) is 18.2 Å². The summed E-state index contributed by atoms with van der Waals surface area (Å²) in [4.78, 5) is 44.8. The summed E-state index contributed by atoms with van der Waals surface area (Å²) >= 11 is 0. The van der Waals surface area contributed by atoms with Crippen molar-refractivity contribution in [3.63, 3.8) is 0 Å². The number of carbonyl (C=O) groups is 4. The number of para-hydroxylation sites is 1. The minimum atomic E-state index is -0.199. The third-order valence-electron chi connectivity index (χ3n) is 8.37. The van der Waals surface area contributed by atoms with E-state index in [4.69, 9.17) is 0 Å². The van der Waals surface area contributed by atoms with Crippen molar-refractivity contribution in [2.75, 3.05) is 0 Å². The molecular weight excluding hydrogens is 633 g/mol. The van der Waals surface area contributed by atoms with Gasteiger partial charge >= 0.3 is 0 Å². The molecule has 4 rings (SSSR count). The number of carbonyl (C=O) groups excluding carboxylic acids is 4. The highest BCUT2D eigenvalue weighted by molar-refractivity contribution is 6.23. The number of phenols is 1. The molecule has 0 heterocycles. The molecule has 0 amide bonds. The molecule has 0 aromatic heterocycles. The van der Waals surface area contributed by atoms with Gasteiger partial charge in [0.25, 0.3) is 5.78 Å². The maximum atomic E-state index is 12.4. The first-order valence-corrected chi connectivity index (χ1v) is 17.4. The van der Waals surface area contributed by atoms with E-state index in [9.17, 15) is 24.3 Å². The lowest BCUT2D eigenvalue weighted by atomic mass is 9.79. The molecule has 0 fully saturated rings. The van der Waals surface area contributed by atoms with Crippen LogP contribution in [0.4, 0.5) is 0 Å². The molecule has 0 unspecified atom stereocenters. The van der Waals surface area contributed by atoms with Crippen molar-refractivity contribution >= 4 is 29.7 Å². The second-order valence-electron chi connectivity index (χ2n) is 17.1. The summed E-state index contributed by atoms with van der Waals surface area (Å²) in [6.45, 7) is 27.5. The summed E-state index contributed by atoms with van der Waals surface area (Å²) in [6.07, 6.45) is 10.5. The van der Waals surface area contributed by atoms with Crippen LogP contribution in [0.15, 0.2) is 90.5 Å². The zero-order chi connectivity index (χ0) is 38.9. The number of phenolic OH excluding ortho intramolecular Hbond substituents is 1. The molecule has 270 valence electrons. The van der Waals surface area contributed by atoms with E-state index in [2.05, 4.69) is 107 Å². The Labute approximate surface area is 306 Å². The van der Waals surface area contributed by atoms with Gasteiger partial charge in [-0.15, -0.1) is 0 Å². The van der Waals surface area contributed by atoms with Gasteiger partial charge in [0.1, 0.15) is 12.0 Å². The molecule has 5 nitrogen and oxygen atoms in total. The molecule has 1 N–H and O–H groups in total. The number of rotatable bonds is 5. The minimum Gasteiger partial charge on any atom is -0.507 e. The monoisotopic (exact) mass is 689 g/mol. The number of aldehydes is 1.